The normalized spacial score (nSPS) is 20.0. The quantitative estimate of drug-likeness (QED) is 0.804. The molecule has 2 aliphatic rings. The van der Waals surface area contributed by atoms with Crippen molar-refractivity contribution in [2.24, 2.45) is 0 Å². The number of benzene rings is 1. The molecule has 2 aliphatic heterocycles. The fourth-order valence-electron chi connectivity index (χ4n) is 3.85. The Morgan fingerprint density at radius 3 is 2.50 bits per heavy atom. The largest absolute Gasteiger partial charge is 0.337 e. The minimum absolute atomic E-state index is 0.0401. The van der Waals surface area contributed by atoms with Gasteiger partial charge in [-0.15, -0.1) is 0 Å². The van der Waals surface area contributed by atoms with Crippen LogP contribution in [0.5, 0.6) is 0 Å². The van der Waals surface area contributed by atoms with E-state index in [1.54, 1.807) is 39.2 Å². The molecule has 0 N–H and O–H groups in total. The maximum atomic E-state index is 13.0. The van der Waals surface area contributed by atoms with E-state index in [2.05, 4.69) is 4.98 Å². The van der Waals surface area contributed by atoms with Crippen molar-refractivity contribution < 1.29 is 14.4 Å². The smallest absolute Gasteiger partial charge is 0.254 e. The minimum atomic E-state index is -0.500. The Bertz CT molecular complexity index is 872. The van der Waals surface area contributed by atoms with E-state index in [-0.39, 0.29) is 24.3 Å². The summed E-state index contributed by atoms with van der Waals surface area (Å²) in [7, 11) is 0. The number of fused-ring (bicyclic) bond motifs is 1. The van der Waals surface area contributed by atoms with Gasteiger partial charge in [0.2, 0.25) is 11.8 Å². The van der Waals surface area contributed by atoms with Gasteiger partial charge in [0.1, 0.15) is 12.6 Å². The third-order valence-electron chi connectivity index (χ3n) is 5.33. The molecule has 0 radical (unpaired) electrons. The van der Waals surface area contributed by atoms with Gasteiger partial charge in [-0.25, -0.2) is 0 Å². The number of pyridine rings is 1. The molecule has 1 aromatic heterocycles. The van der Waals surface area contributed by atoms with Crippen molar-refractivity contribution in [2.45, 2.75) is 19.0 Å². The first-order valence-electron chi connectivity index (χ1n) is 9.45. The summed E-state index contributed by atoms with van der Waals surface area (Å²) in [6.45, 7) is 1.76. The van der Waals surface area contributed by atoms with Gasteiger partial charge in [0.25, 0.3) is 5.91 Å². The molecule has 0 bridgehead atoms. The highest BCUT2D eigenvalue weighted by molar-refractivity contribution is 5.96. The molecule has 2 saturated heterocycles. The molecule has 2 aromatic rings. The zero-order valence-electron chi connectivity index (χ0n) is 15.5. The third kappa shape index (κ3) is 3.60. The average Bonchev–Trinajstić information content (AvgIpc) is 2.96. The molecular formula is C21H22N4O3. The van der Waals surface area contributed by atoms with Crippen LogP contribution in [-0.4, -0.2) is 69.6 Å². The number of carbonyl (C=O) groups is 3. The van der Waals surface area contributed by atoms with E-state index in [1.165, 1.54) is 0 Å². The fourth-order valence-corrected chi connectivity index (χ4v) is 3.85. The first-order valence-corrected chi connectivity index (χ1v) is 9.45. The van der Waals surface area contributed by atoms with Crippen LogP contribution < -0.4 is 0 Å². The molecule has 7 nitrogen and oxygen atoms in total. The number of aromatic nitrogens is 1. The van der Waals surface area contributed by atoms with E-state index in [1.807, 2.05) is 30.3 Å². The predicted molar refractivity (Wildman–Crippen MR) is 102 cm³/mol. The van der Waals surface area contributed by atoms with Gasteiger partial charge < -0.3 is 14.7 Å². The van der Waals surface area contributed by atoms with Gasteiger partial charge in [0.05, 0.1) is 0 Å². The van der Waals surface area contributed by atoms with Crippen molar-refractivity contribution in [2.75, 3.05) is 26.2 Å². The number of carbonyl (C=O) groups excluding carboxylic acids is 3. The molecule has 7 heteroatoms. The van der Waals surface area contributed by atoms with E-state index < -0.39 is 6.04 Å². The van der Waals surface area contributed by atoms with Crippen molar-refractivity contribution in [3.63, 3.8) is 0 Å². The van der Waals surface area contributed by atoms with Crippen molar-refractivity contribution >= 4 is 17.7 Å². The van der Waals surface area contributed by atoms with Crippen LogP contribution >= 0.6 is 0 Å². The highest BCUT2D eigenvalue weighted by Crippen LogP contribution is 2.21. The van der Waals surface area contributed by atoms with Crippen LogP contribution in [0.2, 0.25) is 0 Å². The molecule has 3 heterocycles. The molecule has 3 amide bonds. The van der Waals surface area contributed by atoms with Crippen LogP contribution in [0.15, 0.2) is 54.9 Å². The monoisotopic (exact) mass is 378 g/mol. The van der Waals surface area contributed by atoms with Crippen LogP contribution in [-0.2, 0) is 16.1 Å². The van der Waals surface area contributed by atoms with E-state index >= 15 is 0 Å². The molecule has 4 rings (SSSR count). The van der Waals surface area contributed by atoms with E-state index in [0.29, 0.717) is 38.2 Å². The SMILES string of the molecule is O=C(c1ccncc1)N1CCC2C(=O)N(Cc3ccccc3)CC(=O)N2CC1. The Kier molecular flexibility index (Phi) is 5.06. The summed E-state index contributed by atoms with van der Waals surface area (Å²) < 4.78 is 0. The lowest BCUT2D eigenvalue weighted by Crippen LogP contribution is -2.59. The summed E-state index contributed by atoms with van der Waals surface area (Å²) in [5.74, 6) is -0.191. The first-order chi connectivity index (χ1) is 13.6. The second-order valence-corrected chi connectivity index (χ2v) is 7.10. The Balaban J connectivity index is 1.47. The zero-order chi connectivity index (χ0) is 19.5. The van der Waals surface area contributed by atoms with E-state index in [0.717, 1.165) is 5.56 Å². The standard InChI is InChI=1S/C21H22N4O3/c26-19-15-24(14-16-4-2-1-3-5-16)21(28)18-8-11-23(12-13-25(18)19)20(27)17-6-9-22-10-7-17/h1-7,9-10,18H,8,11-15H2. The molecule has 28 heavy (non-hydrogen) atoms. The Morgan fingerprint density at radius 1 is 1.00 bits per heavy atom. The number of rotatable bonds is 3. The van der Waals surface area contributed by atoms with Gasteiger partial charge in [-0.2, -0.15) is 0 Å². The Hall–Kier alpha value is -3.22. The van der Waals surface area contributed by atoms with Gasteiger partial charge in [-0.1, -0.05) is 30.3 Å². The molecule has 0 saturated carbocycles. The number of hydrogen-bond donors (Lipinski definition) is 0. The molecule has 0 spiro atoms. The molecular weight excluding hydrogens is 356 g/mol. The van der Waals surface area contributed by atoms with Crippen LogP contribution in [0.4, 0.5) is 0 Å². The summed E-state index contributed by atoms with van der Waals surface area (Å²) in [4.78, 5) is 47.4. The van der Waals surface area contributed by atoms with E-state index in [4.69, 9.17) is 0 Å². The molecule has 1 unspecified atom stereocenters. The summed E-state index contributed by atoms with van der Waals surface area (Å²) in [5, 5.41) is 0. The van der Waals surface area contributed by atoms with Crippen LogP contribution in [0, 0.1) is 0 Å². The topological polar surface area (TPSA) is 73.8 Å². The number of nitrogens with zero attached hydrogens (tertiary/aromatic N) is 4. The lowest BCUT2D eigenvalue weighted by atomic mass is 10.1. The van der Waals surface area contributed by atoms with E-state index in [9.17, 15) is 14.4 Å². The highest BCUT2D eigenvalue weighted by Gasteiger charge is 2.41. The second-order valence-electron chi connectivity index (χ2n) is 7.10. The summed E-state index contributed by atoms with van der Waals surface area (Å²) in [6, 6.07) is 12.5. The molecule has 1 atom stereocenters. The Morgan fingerprint density at radius 2 is 1.75 bits per heavy atom. The fraction of sp³-hybridized carbons (Fsp3) is 0.333. The van der Waals surface area contributed by atoms with Crippen LogP contribution in [0.1, 0.15) is 22.3 Å². The third-order valence-corrected chi connectivity index (χ3v) is 5.33. The lowest BCUT2D eigenvalue weighted by molar-refractivity contribution is -0.156. The molecule has 2 fully saturated rings. The summed E-state index contributed by atoms with van der Waals surface area (Å²) in [5.41, 5.74) is 1.57. The summed E-state index contributed by atoms with van der Waals surface area (Å²) >= 11 is 0. The lowest BCUT2D eigenvalue weighted by Gasteiger charge is -2.39. The highest BCUT2D eigenvalue weighted by atomic mass is 16.2. The molecule has 0 aliphatic carbocycles. The first kappa shape index (κ1) is 18.2. The van der Waals surface area contributed by atoms with Crippen molar-refractivity contribution in [1.29, 1.82) is 0 Å². The van der Waals surface area contributed by atoms with Gasteiger partial charge in [-0.05, 0) is 24.1 Å². The molecule has 144 valence electrons. The van der Waals surface area contributed by atoms with Gasteiger partial charge >= 0.3 is 0 Å². The van der Waals surface area contributed by atoms with Crippen LogP contribution in [0.3, 0.4) is 0 Å². The van der Waals surface area contributed by atoms with Gasteiger partial charge in [-0.3, -0.25) is 19.4 Å². The zero-order valence-corrected chi connectivity index (χ0v) is 15.5. The minimum Gasteiger partial charge on any atom is -0.337 e. The Labute approximate surface area is 163 Å². The predicted octanol–water partition coefficient (Wildman–Crippen LogP) is 1.17. The number of amides is 3. The van der Waals surface area contributed by atoms with Gasteiger partial charge in [0.15, 0.2) is 0 Å². The van der Waals surface area contributed by atoms with Crippen molar-refractivity contribution in [3.8, 4) is 0 Å². The summed E-state index contributed by atoms with van der Waals surface area (Å²) in [6.07, 6.45) is 3.62. The van der Waals surface area contributed by atoms with Crippen molar-refractivity contribution in [3.05, 3.63) is 66.0 Å². The number of piperazine rings is 1. The van der Waals surface area contributed by atoms with Crippen molar-refractivity contribution in [1.82, 2.24) is 19.7 Å². The van der Waals surface area contributed by atoms with Crippen LogP contribution in [0.25, 0.3) is 0 Å². The average molecular weight is 378 g/mol. The van der Waals surface area contributed by atoms with Gasteiger partial charge in [0, 0.05) is 44.1 Å². The molecule has 1 aromatic carbocycles. The second kappa shape index (κ2) is 7.80. The maximum Gasteiger partial charge on any atom is 0.254 e. The number of hydrogen-bond acceptors (Lipinski definition) is 4. The maximum absolute atomic E-state index is 13.0.